The highest BCUT2D eigenvalue weighted by Gasteiger charge is 2.23. The number of carbonyl (C=O) groups excluding carboxylic acids is 1. The Morgan fingerprint density at radius 2 is 1.72 bits per heavy atom. The van der Waals surface area contributed by atoms with Gasteiger partial charge in [-0.2, -0.15) is 0 Å². The second-order valence-electron chi connectivity index (χ2n) is 5.48. The van der Waals surface area contributed by atoms with Crippen molar-refractivity contribution in [2.24, 2.45) is 0 Å². The summed E-state index contributed by atoms with van der Waals surface area (Å²) in [6, 6.07) is 0. The Balaban J connectivity index is 2.60. The van der Waals surface area contributed by atoms with E-state index in [1.807, 2.05) is 13.8 Å². The van der Waals surface area contributed by atoms with Gasteiger partial charge in [0.15, 0.2) is 0 Å². The molecular weight excluding hydrogens is 224 g/mol. The lowest BCUT2D eigenvalue weighted by molar-refractivity contribution is -0.108. The van der Waals surface area contributed by atoms with Crippen molar-refractivity contribution in [3.05, 3.63) is 27.8 Å². The highest BCUT2D eigenvalue weighted by molar-refractivity contribution is 5.59. The van der Waals surface area contributed by atoms with Crippen LogP contribution in [0.4, 0.5) is 0 Å². The third-order valence-electron chi connectivity index (χ3n) is 4.33. The van der Waals surface area contributed by atoms with Crippen LogP contribution in [0, 0.1) is 13.8 Å². The molecular formula is C16H22O2. The molecule has 0 fully saturated rings. The molecule has 1 aliphatic rings. The summed E-state index contributed by atoms with van der Waals surface area (Å²) >= 11 is 0. The van der Waals surface area contributed by atoms with Gasteiger partial charge in [0.25, 0.3) is 0 Å². The number of fused-ring (bicyclic) bond motifs is 1. The van der Waals surface area contributed by atoms with Crippen LogP contribution in [0.25, 0.3) is 0 Å². The number of carbonyl (C=O) groups is 1. The quantitative estimate of drug-likeness (QED) is 0.828. The average molecular weight is 246 g/mol. The molecule has 0 aliphatic heterocycles. The molecule has 0 aromatic heterocycles. The molecule has 1 aromatic rings. The number of hydrogen-bond donors (Lipinski definition) is 1. The van der Waals surface area contributed by atoms with Gasteiger partial charge in [-0.05, 0) is 67.7 Å². The van der Waals surface area contributed by atoms with Crippen molar-refractivity contribution >= 4 is 6.29 Å². The summed E-state index contributed by atoms with van der Waals surface area (Å²) in [6.07, 6.45) is 6.07. The van der Waals surface area contributed by atoms with Crippen molar-refractivity contribution in [2.45, 2.75) is 58.8 Å². The predicted octanol–water partition coefficient (Wildman–Crippen LogP) is 3.58. The second kappa shape index (κ2) is 5.13. The lowest BCUT2D eigenvalue weighted by Gasteiger charge is -2.26. The first-order chi connectivity index (χ1) is 8.57. The smallest absolute Gasteiger partial charge is 0.122 e. The van der Waals surface area contributed by atoms with Gasteiger partial charge >= 0.3 is 0 Å². The van der Waals surface area contributed by atoms with Crippen molar-refractivity contribution in [3.8, 4) is 5.75 Å². The zero-order valence-corrected chi connectivity index (χ0v) is 11.5. The molecule has 0 saturated heterocycles. The topological polar surface area (TPSA) is 37.3 Å². The zero-order valence-electron chi connectivity index (χ0n) is 11.5. The standard InChI is InChI=1S/C16H22O2/c1-10(8-9-17)15-11(2)13-6-4-5-7-14(13)12(3)16(15)18/h9-10,18H,4-8H2,1-3H3. The molecule has 0 radical (unpaired) electrons. The minimum Gasteiger partial charge on any atom is -0.507 e. The Bertz CT molecular complexity index is 475. The van der Waals surface area contributed by atoms with Crippen LogP contribution in [0.3, 0.4) is 0 Å². The number of phenols is 1. The van der Waals surface area contributed by atoms with Crippen LogP contribution in [0.2, 0.25) is 0 Å². The van der Waals surface area contributed by atoms with E-state index in [0.717, 1.165) is 30.3 Å². The molecule has 2 heteroatoms. The number of benzene rings is 1. The van der Waals surface area contributed by atoms with Crippen LogP contribution < -0.4 is 0 Å². The molecule has 1 aromatic carbocycles. The van der Waals surface area contributed by atoms with E-state index in [1.165, 1.54) is 29.5 Å². The van der Waals surface area contributed by atoms with Crippen LogP contribution in [0.5, 0.6) is 5.75 Å². The Kier molecular flexibility index (Phi) is 3.74. The van der Waals surface area contributed by atoms with Crippen molar-refractivity contribution in [1.82, 2.24) is 0 Å². The summed E-state index contributed by atoms with van der Waals surface area (Å²) in [5.74, 6) is 0.524. The van der Waals surface area contributed by atoms with E-state index in [2.05, 4.69) is 6.92 Å². The Morgan fingerprint density at radius 1 is 1.17 bits per heavy atom. The van der Waals surface area contributed by atoms with Gasteiger partial charge in [-0.3, -0.25) is 0 Å². The first kappa shape index (κ1) is 13.1. The summed E-state index contributed by atoms with van der Waals surface area (Å²) in [7, 11) is 0. The summed E-state index contributed by atoms with van der Waals surface area (Å²) in [5.41, 5.74) is 5.99. The Labute approximate surface area is 109 Å². The molecule has 0 spiro atoms. The van der Waals surface area contributed by atoms with Gasteiger partial charge < -0.3 is 9.90 Å². The molecule has 2 nitrogen and oxygen atoms in total. The van der Waals surface area contributed by atoms with Crippen LogP contribution >= 0.6 is 0 Å². The third kappa shape index (κ3) is 2.05. The zero-order chi connectivity index (χ0) is 13.3. The number of aromatic hydroxyl groups is 1. The molecule has 1 atom stereocenters. The van der Waals surface area contributed by atoms with E-state index in [0.29, 0.717) is 12.2 Å². The summed E-state index contributed by atoms with van der Waals surface area (Å²) in [6.45, 7) is 6.13. The SMILES string of the molecule is Cc1c(O)c(C(C)CC=O)c(C)c2c1CCCC2. The summed E-state index contributed by atoms with van der Waals surface area (Å²) < 4.78 is 0. The summed E-state index contributed by atoms with van der Waals surface area (Å²) in [5, 5.41) is 10.4. The molecule has 18 heavy (non-hydrogen) atoms. The van der Waals surface area contributed by atoms with Crippen LogP contribution in [0.1, 0.15) is 59.9 Å². The molecule has 0 amide bonds. The van der Waals surface area contributed by atoms with E-state index in [-0.39, 0.29) is 5.92 Å². The highest BCUT2D eigenvalue weighted by Crippen LogP contribution is 2.40. The Hall–Kier alpha value is -1.31. The summed E-state index contributed by atoms with van der Waals surface area (Å²) in [4.78, 5) is 10.7. The monoisotopic (exact) mass is 246 g/mol. The van der Waals surface area contributed by atoms with Crippen LogP contribution in [-0.4, -0.2) is 11.4 Å². The maximum Gasteiger partial charge on any atom is 0.122 e. The van der Waals surface area contributed by atoms with Crippen molar-refractivity contribution in [3.63, 3.8) is 0 Å². The second-order valence-corrected chi connectivity index (χ2v) is 5.48. The minimum absolute atomic E-state index is 0.105. The van der Waals surface area contributed by atoms with Gasteiger partial charge in [0.05, 0.1) is 0 Å². The molecule has 0 bridgehead atoms. The number of hydrogen-bond acceptors (Lipinski definition) is 2. The van der Waals surface area contributed by atoms with Gasteiger partial charge in [-0.25, -0.2) is 0 Å². The van der Waals surface area contributed by atoms with Crippen LogP contribution in [-0.2, 0) is 17.6 Å². The number of aldehydes is 1. The van der Waals surface area contributed by atoms with E-state index >= 15 is 0 Å². The molecule has 0 saturated carbocycles. The van der Waals surface area contributed by atoms with E-state index in [4.69, 9.17) is 0 Å². The Morgan fingerprint density at radius 3 is 2.28 bits per heavy atom. The lowest BCUT2D eigenvalue weighted by Crippen LogP contribution is -2.11. The first-order valence-electron chi connectivity index (χ1n) is 6.85. The van der Waals surface area contributed by atoms with E-state index in [1.54, 1.807) is 0 Å². The maximum absolute atomic E-state index is 10.7. The van der Waals surface area contributed by atoms with Crippen molar-refractivity contribution < 1.29 is 9.90 Å². The molecule has 2 rings (SSSR count). The highest BCUT2D eigenvalue weighted by atomic mass is 16.3. The van der Waals surface area contributed by atoms with Gasteiger partial charge in [-0.1, -0.05) is 6.92 Å². The molecule has 98 valence electrons. The predicted molar refractivity (Wildman–Crippen MR) is 73.3 cm³/mol. The van der Waals surface area contributed by atoms with Gasteiger partial charge in [0, 0.05) is 12.0 Å². The normalized spacial score (nSPS) is 16.2. The fraction of sp³-hybridized carbons (Fsp3) is 0.562. The fourth-order valence-electron chi connectivity index (χ4n) is 3.28. The molecule has 0 heterocycles. The number of rotatable bonds is 3. The van der Waals surface area contributed by atoms with Crippen molar-refractivity contribution in [1.29, 1.82) is 0 Å². The average Bonchev–Trinajstić information content (AvgIpc) is 2.37. The van der Waals surface area contributed by atoms with E-state index < -0.39 is 0 Å². The van der Waals surface area contributed by atoms with Gasteiger partial charge in [-0.15, -0.1) is 0 Å². The fourth-order valence-corrected chi connectivity index (χ4v) is 3.28. The number of phenolic OH excluding ortho intramolecular Hbond substituents is 1. The lowest BCUT2D eigenvalue weighted by atomic mass is 9.80. The van der Waals surface area contributed by atoms with Gasteiger partial charge in [0.2, 0.25) is 0 Å². The van der Waals surface area contributed by atoms with Crippen molar-refractivity contribution in [2.75, 3.05) is 0 Å². The van der Waals surface area contributed by atoms with Crippen LogP contribution in [0.15, 0.2) is 0 Å². The van der Waals surface area contributed by atoms with Gasteiger partial charge in [0.1, 0.15) is 12.0 Å². The van der Waals surface area contributed by atoms with E-state index in [9.17, 15) is 9.90 Å². The molecule has 1 aliphatic carbocycles. The first-order valence-corrected chi connectivity index (χ1v) is 6.85. The maximum atomic E-state index is 10.7. The largest absolute Gasteiger partial charge is 0.507 e. The minimum atomic E-state index is 0.105. The molecule has 1 N–H and O–H groups in total. The third-order valence-corrected chi connectivity index (χ3v) is 4.33. The molecule has 1 unspecified atom stereocenters.